The molecule has 0 radical (unpaired) electrons. The van der Waals surface area contributed by atoms with Gasteiger partial charge in [0.15, 0.2) is 12.2 Å². The molecular weight excluding hydrogens is 934 g/mol. The predicted molar refractivity (Wildman–Crippen MR) is 266 cm³/mol. The maximum atomic E-state index is 12.8. The Bertz CT molecular complexity index is 1370. The normalized spacial score (nSPS) is 14.6. The molecule has 0 spiro atoms. The van der Waals surface area contributed by atoms with Crippen LogP contribution in [0.4, 0.5) is 0 Å². The Labute approximate surface area is 416 Å². The molecule has 0 aliphatic heterocycles. The second-order valence-electron chi connectivity index (χ2n) is 18.2. The minimum absolute atomic E-state index is 0.103. The summed E-state index contributed by atoms with van der Waals surface area (Å²) < 4.78 is 67.0. The summed E-state index contributed by atoms with van der Waals surface area (Å²) in [6.45, 7) is 4.60. The van der Waals surface area contributed by atoms with Crippen molar-refractivity contribution in [1.82, 2.24) is 0 Å². The monoisotopic (exact) mass is 1030 g/mol. The molecule has 17 nitrogen and oxygen atoms in total. The molecular formula is C50H96O17P2. The van der Waals surface area contributed by atoms with Gasteiger partial charge in [-0.2, -0.15) is 0 Å². The van der Waals surface area contributed by atoms with E-state index in [2.05, 4.69) is 27.7 Å². The third-order valence-electron chi connectivity index (χ3n) is 11.4. The molecule has 5 atom stereocenters. The number of hydrogen-bond donors (Lipinski definition) is 3. The molecule has 0 aromatic heterocycles. The highest BCUT2D eigenvalue weighted by Gasteiger charge is 2.30. The van der Waals surface area contributed by atoms with Crippen molar-refractivity contribution in [1.29, 1.82) is 0 Å². The van der Waals surface area contributed by atoms with Gasteiger partial charge in [0.25, 0.3) is 0 Å². The Balaban J connectivity index is 5.16. The molecule has 0 rings (SSSR count). The Hall–Kier alpha value is -1.94. The van der Waals surface area contributed by atoms with Crippen LogP contribution in [0.15, 0.2) is 0 Å². The molecule has 69 heavy (non-hydrogen) atoms. The molecule has 3 N–H and O–H groups in total. The van der Waals surface area contributed by atoms with Crippen molar-refractivity contribution in [3.8, 4) is 0 Å². The van der Waals surface area contributed by atoms with Crippen LogP contribution in [0.2, 0.25) is 0 Å². The van der Waals surface area contributed by atoms with E-state index in [0.29, 0.717) is 25.7 Å². The predicted octanol–water partition coefficient (Wildman–Crippen LogP) is 12.5. The largest absolute Gasteiger partial charge is 0.472 e. The van der Waals surface area contributed by atoms with E-state index in [4.69, 9.17) is 37.0 Å². The highest BCUT2D eigenvalue weighted by molar-refractivity contribution is 7.47. The van der Waals surface area contributed by atoms with Gasteiger partial charge in [0.05, 0.1) is 26.4 Å². The summed E-state index contributed by atoms with van der Waals surface area (Å²) in [4.78, 5) is 71.0. The molecule has 19 heteroatoms. The number of ether oxygens (including phenoxy) is 4. The van der Waals surface area contributed by atoms with Gasteiger partial charge in [-0.15, -0.1) is 0 Å². The first-order valence-electron chi connectivity index (χ1n) is 26.8. The topological polar surface area (TPSA) is 237 Å². The molecule has 0 aliphatic rings. The van der Waals surface area contributed by atoms with Crippen LogP contribution in [0, 0.1) is 0 Å². The summed E-state index contributed by atoms with van der Waals surface area (Å²) in [6, 6.07) is 0. The zero-order valence-corrected chi connectivity index (χ0v) is 45.0. The van der Waals surface area contributed by atoms with E-state index in [9.17, 15) is 43.2 Å². The molecule has 0 saturated carbocycles. The van der Waals surface area contributed by atoms with E-state index < -0.39 is 97.5 Å². The van der Waals surface area contributed by atoms with Gasteiger partial charge in [-0.05, 0) is 25.7 Å². The molecule has 408 valence electrons. The van der Waals surface area contributed by atoms with E-state index in [1.807, 2.05) is 0 Å². The van der Waals surface area contributed by atoms with E-state index in [1.54, 1.807) is 0 Å². The average Bonchev–Trinajstić information content (AvgIpc) is 3.32. The van der Waals surface area contributed by atoms with Gasteiger partial charge in [-0.1, -0.05) is 188 Å². The minimum Gasteiger partial charge on any atom is -0.462 e. The number of carbonyl (C=O) groups excluding carboxylic acids is 4. The van der Waals surface area contributed by atoms with Crippen molar-refractivity contribution in [3.63, 3.8) is 0 Å². The van der Waals surface area contributed by atoms with Gasteiger partial charge in [0, 0.05) is 25.7 Å². The van der Waals surface area contributed by atoms with Gasteiger partial charge in [0.2, 0.25) is 0 Å². The van der Waals surface area contributed by atoms with Gasteiger partial charge in [0.1, 0.15) is 19.3 Å². The van der Waals surface area contributed by atoms with Crippen LogP contribution in [0.5, 0.6) is 0 Å². The van der Waals surface area contributed by atoms with Crippen LogP contribution >= 0.6 is 15.6 Å². The lowest BCUT2D eigenvalue weighted by atomic mass is 10.1. The third-order valence-corrected chi connectivity index (χ3v) is 13.3. The quantitative estimate of drug-likeness (QED) is 0.0222. The Morgan fingerprint density at radius 3 is 0.855 bits per heavy atom. The van der Waals surface area contributed by atoms with Gasteiger partial charge in [-0.3, -0.25) is 37.3 Å². The Morgan fingerprint density at radius 1 is 0.348 bits per heavy atom. The van der Waals surface area contributed by atoms with E-state index in [0.717, 1.165) is 122 Å². The first-order chi connectivity index (χ1) is 33.2. The van der Waals surface area contributed by atoms with Crippen LogP contribution < -0.4 is 0 Å². The van der Waals surface area contributed by atoms with Crippen molar-refractivity contribution >= 4 is 39.5 Å². The van der Waals surface area contributed by atoms with Crippen molar-refractivity contribution in [2.75, 3.05) is 39.6 Å². The molecule has 0 aromatic rings. The molecule has 0 aliphatic carbocycles. The van der Waals surface area contributed by atoms with Crippen LogP contribution in [0.1, 0.15) is 240 Å². The smallest absolute Gasteiger partial charge is 0.462 e. The number of carbonyl (C=O) groups is 4. The van der Waals surface area contributed by atoms with Crippen LogP contribution in [-0.4, -0.2) is 96.7 Å². The fraction of sp³-hybridized carbons (Fsp3) is 0.920. The zero-order chi connectivity index (χ0) is 51.3. The zero-order valence-electron chi connectivity index (χ0n) is 43.3. The number of phosphoric acid groups is 2. The minimum atomic E-state index is -4.92. The average molecular weight is 1030 g/mol. The first-order valence-corrected chi connectivity index (χ1v) is 29.8. The lowest BCUT2D eigenvalue weighted by Crippen LogP contribution is -2.30. The van der Waals surface area contributed by atoms with E-state index in [-0.39, 0.29) is 25.7 Å². The number of aliphatic hydroxyl groups is 1. The molecule has 0 amide bonds. The summed E-state index contributed by atoms with van der Waals surface area (Å²) in [7, 11) is -9.84. The van der Waals surface area contributed by atoms with Gasteiger partial charge >= 0.3 is 39.5 Å². The number of esters is 4. The molecule has 0 aromatic carbocycles. The summed E-state index contributed by atoms with van der Waals surface area (Å²) in [5, 5.41) is 10.4. The van der Waals surface area contributed by atoms with Crippen LogP contribution in [0.3, 0.4) is 0 Å². The van der Waals surface area contributed by atoms with Gasteiger partial charge in [-0.25, -0.2) is 9.13 Å². The number of unbranched alkanes of at least 4 members (excludes halogenated alkanes) is 25. The number of phosphoric ester groups is 2. The summed E-state index contributed by atoms with van der Waals surface area (Å²) in [6.07, 6.45) is 25.8. The van der Waals surface area contributed by atoms with Crippen molar-refractivity contribution in [2.24, 2.45) is 0 Å². The third kappa shape index (κ3) is 45.7. The maximum Gasteiger partial charge on any atom is 0.472 e. The fourth-order valence-electron chi connectivity index (χ4n) is 7.16. The standard InChI is InChI=1S/C50H96O17P2/c1-5-9-13-17-20-21-22-25-29-33-37-50(55)67-46(41-61-48(53)35-31-27-23-18-14-10-6-2)43-65-69(58,59)63-39-44(51)38-62-68(56,57)64-42-45(40-60-47(52)34-30-26-16-12-8-4)66-49(54)36-32-28-24-19-15-11-7-3/h44-46,51H,5-43H2,1-4H3,(H,56,57)(H,58,59)/t44-,45+,46+/m0/s1. The lowest BCUT2D eigenvalue weighted by Gasteiger charge is -2.21. The van der Waals surface area contributed by atoms with Crippen molar-refractivity contribution in [2.45, 2.75) is 258 Å². The van der Waals surface area contributed by atoms with Gasteiger partial charge < -0.3 is 33.8 Å². The summed E-state index contributed by atoms with van der Waals surface area (Å²) >= 11 is 0. The van der Waals surface area contributed by atoms with Crippen LogP contribution in [-0.2, 0) is 65.4 Å². The molecule has 2 unspecified atom stereocenters. The SMILES string of the molecule is CCCCCCCCCCCCC(=O)O[C@H](COC(=O)CCCCCCCCC)COP(=O)(O)OC[C@@H](O)COP(=O)(O)OC[C@@H](COC(=O)CCCCCCC)OC(=O)CCCCCCCCC. The first kappa shape index (κ1) is 67.1. The summed E-state index contributed by atoms with van der Waals surface area (Å²) in [5.74, 6) is -2.17. The Kier molecular flexibility index (Phi) is 44.6. The highest BCUT2D eigenvalue weighted by atomic mass is 31.2. The summed E-state index contributed by atoms with van der Waals surface area (Å²) in [5.41, 5.74) is 0. The van der Waals surface area contributed by atoms with E-state index >= 15 is 0 Å². The fourth-order valence-corrected chi connectivity index (χ4v) is 8.74. The second-order valence-corrected chi connectivity index (χ2v) is 21.1. The van der Waals surface area contributed by atoms with Crippen molar-refractivity contribution in [3.05, 3.63) is 0 Å². The molecule has 0 saturated heterocycles. The number of hydrogen-bond acceptors (Lipinski definition) is 15. The highest BCUT2D eigenvalue weighted by Crippen LogP contribution is 2.45. The second kappa shape index (κ2) is 45.9. The van der Waals surface area contributed by atoms with Crippen molar-refractivity contribution < 1.29 is 80.2 Å². The Morgan fingerprint density at radius 2 is 0.580 bits per heavy atom. The number of rotatable bonds is 51. The maximum absolute atomic E-state index is 12.8. The lowest BCUT2D eigenvalue weighted by molar-refractivity contribution is -0.161. The van der Waals surface area contributed by atoms with E-state index in [1.165, 1.54) is 38.5 Å². The van der Waals surface area contributed by atoms with Crippen LogP contribution in [0.25, 0.3) is 0 Å². The molecule has 0 fully saturated rings. The molecule has 0 bridgehead atoms. The number of aliphatic hydroxyl groups excluding tert-OH is 1. The molecule has 0 heterocycles.